The third kappa shape index (κ3) is 5.91. The van der Waals surface area contributed by atoms with Crippen molar-refractivity contribution in [1.29, 1.82) is 0 Å². The summed E-state index contributed by atoms with van der Waals surface area (Å²) in [6.45, 7) is -0.258. The van der Waals surface area contributed by atoms with Gasteiger partial charge in [-0.05, 0) is 35.9 Å². The molecule has 1 fully saturated rings. The highest BCUT2D eigenvalue weighted by atomic mass is 32.2. The molecule has 0 saturated carbocycles. The molecule has 9 heteroatoms. The van der Waals surface area contributed by atoms with Crippen LogP contribution >= 0.6 is 24.0 Å². The van der Waals surface area contributed by atoms with E-state index in [0.717, 1.165) is 17.3 Å². The number of benzene rings is 2. The molecule has 0 spiro atoms. The molecule has 0 bridgehead atoms. The summed E-state index contributed by atoms with van der Waals surface area (Å²) >= 11 is 6.34. The first-order valence-corrected chi connectivity index (χ1v) is 10.2. The number of amides is 2. The summed E-state index contributed by atoms with van der Waals surface area (Å²) in [4.78, 5) is 36.7. The van der Waals surface area contributed by atoms with Crippen LogP contribution in [0.1, 0.15) is 12.0 Å². The normalized spacial score (nSPS) is 14.8. The Balaban J connectivity index is 1.65. The average Bonchev–Trinajstić information content (AvgIpc) is 2.96. The van der Waals surface area contributed by atoms with Crippen molar-refractivity contribution >= 4 is 52.2 Å². The Bertz CT molecular complexity index is 1010. The van der Waals surface area contributed by atoms with Gasteiger partial charge >= 0.3 is 5.97 Å². The molecule has 1 saturated heterocycles. The van der Waals surface area contributed by atoms with Gasteiger partial charge in [-0.25, -0.2) is 0 Å². The van der Waals surface area contributed by atoms with E-state index in [1.165, 1.54) is 4.90 Å². The second kappa shape index (κ2) is 10.0. The molecule has 7 nitrogen and oxygen atoms in total. The third-order valence-corrected chi connectivity index (χ3v) is 5.35. The second-order valence-electron chi connectivity index (χ2n) is 6.25. The molecule has 0 unspecified atom stereocenters. The lowest BCUT2D eigenvalue weighted by atomic mass is 10.2. The van der Waals surface area contributed by atoms with Crippen molar-refractivity contribution in [3.05, 3.63) is 65.1 Å². The number of carboxylic acid groups (broad SMARTS) is 1. The largest absolute Gasteiger partial charge is 0.481 e. The van der Waals surface area contributed by atoms with E-state index < -0.39 is 11.9 Å². The van der Waals surface area contributed by atoms with Gasteiger partial charge in [-0.2, -0.15) is 0 Å². The van der Waals surface area contributed by atoms with Crippen molar-refractivity contribution in [2.24, 2.45) is 0 Å². The molecular formula is C21H18N2O5S2. The van der Waals surface area contributed by atoms with Crippen molar-refractivity contribution in [2.75, 3.05) is 13.1 Å². The first-order valence-electron chi connectivity index (χ1n) is 8.99. The highest BCUT2D eigenvalue weighted by Gasteiger charge is 2.33. The summed E-state index contributed by atoms with van der Waals surface area (Å²) in [7, 11) is 0. The molecule has 0 radical (unpaired) electrons. The molecule has 2 aromatic rings. The van der Waals surface area contributed by atoms with Gasteiger partial charge in [0.15, 0.2) is 0 Å². The standard InChI is InChI=1S/C21H18N2O5S2/c24-18(22-10-9-19(25)26)13-23-20(27)17(30-21(23)29)12-14-5-4-8-16(11-14)28-15-6-2-1-3-7-15/h1-8,11-12H,9-10,13H2,(H,22,24)(H,25,26)/b17-12-. The zero-order chi connectivity index (χ0) is 21.5. The quantitative estimate of drug-likeness (QED) is 0.478. The van der Waals surface area contributed by atoms with Crippen LogP contribution in [-0.2, 0) is 14.4 Å². The van der Waals surface area contributed by atoms with Crippen LogP contribution in [-0.4, -0.2) is 45.2 Å². The topological polar surface area (TPSA) is 95.9 Å². The Kier molecular flexibility index (Phi) is 7.21. The fourth-order valence-corrected chi connectivity index (χ4v) is 3.84. The van der Waals surface area contributed by atoms with Crippen LogP contribution in [0.2, 0.25) is 0 Å². The van der Waals surface area contributed by atoms with Gasteiger partial charge in [0.1, 0.15) is 22.4 Å². The molecule has 30 heavy (non-hydrogen) atoms. The zero-order valence-corrected chi connectivity index (χ0v) is 17.4. The minimum atomic E-state index is -1.01. The van der Waals surface area contributed by atoms with Crippen molar-refractivity contribution in [1.82, 2.24) is 10.2 Å². The van der Waals surface area contributed by atoms with Crippen LogP contribution in [0, 0.1) is 0 Å². The molecule has 0 aliphatic carbocycles. The van der Waals surface area contributed by atoms with Crippen molar-refractivity contribution < 1.29 is 24.2 Å². The number of hydrogen-bond acceptors (Lipinski definition) is 6. The summed E-state index contributed by atoms with van der Waals surface area (Å²) in [5.41, 5.74) is 0.759. The Hall–Kier alpha value is -3.17. The van der Waals surface area contributed by atoms with E-state index in [4.69, 9.17) is 22.1 Å². The van der Waals surface area contributed by atoms with E-state index in [1.54, 1.807) is 12.1 Å². The van der Waals surface area contributed by atoms with Gasteiger partial charge in [-0.15, -0.1) is 0 Å². The fourth-order valence-electron chi connectivity index (χ4n) is 2.59. The van der Waals surface area contributed by atoms with E-state index in [9.17, 15) is 14.4 Å². The fraction of sp³-hybridized carbons (Fsp3) is 0.143. The Labute approximate surface area is 182 Å². The summed E-state index contributed by atoms with van der Waals surface area (Å²) in [5, 5.41) is 11.1. The molecule has 1 aliphatic rings. The molecular weight excluding hydrogens is 424 g/mol. The molecule has 2 aromatic carbocycles. The Morgan fingerprint density at radius 1 is 1.13 bits per heavy atom. The zero-order valence-electron chi connectivity index (χ0n) is 15.7. The number of carbonyl (C=O) groups excluding carboxylic acids is 2. The van der Waals surface area contributed by atoms with Crippen LogP contribution in [0.3, 0.4) is 0 Å². The number of thioether (sulfide) groups is 1. The maximum Gasteiger partial charge on any atom is 0.305 e. The molecule has 3 rings (SSSR count). The number of nitrogens with zero attached hydrogens (tertiary/aromatic N) is 1. The summed E-state index contributed by atoms with van der Waals surface area (Å²) < 4.78 is 6.08. The lowest BCUT2D eigenvalue weighted by molar-refractivity contribution is -0.137. The third-order valence-electron chi connectivity index (χ3n) is 3.97. The van der Waals surface area contributed by atoms with E-state index in [1.807, 2.05) is 48.5 Å². The van der Waals surface area contributed by atoms with Gasteiger partial charge < -0.3 is 15.2 Å². The van der Waals surface area contributed by atoms with Crippen molar-refractivity contribution in [3.8, 4) is 11.5 Å². The predicted octanol–water partition coefficient (Wildman–Crippen LogP) is 3.27. The monoisotopic (exact) mass is 442 g/mol. The van der Waals surface area contributed by atoms with E-state index in [0.29, 0.717) is 16.4 Å². The van der Waals surface area contributed by atoms with Crippen molar-refractivity contribution in [3.63, 3.8) is 0 Å². The second-order valence-corrected chi connectivity index (χ2v) is 7.92. The maximum absolute atomic E-state index is 12.7. The number of rotatable bonds is 8. The maximum atomic E-state index is 12.7. The number of nitrogens with one attached hydrogen (secondary N) is 1. The predicted molar refractivity (Wildman–Crippen MR) is 118 cm³/mol. The lowest BCUT2D eigenvalue weighted by Gasteiger charge is -2.13. The number of para-hydroxylation sites is 1. The van der Waals surface area contributed by atoms with Gasteiger partial charge in [0.05, 0.1) is 11.3 Å². The number of ether oxygens (including phenoxy) is 1. The number of hydrogen-bond donors (Lipinski definition) is 2. The lowest BCUT2D eigenvalue weighted by Crippen LogP contribution is -2.40. The van der Waals surface area contributed by atoms with Gasteiger partial charge in [-0.1, -0.05) is 54.3 Å². The van der Waals surface area contributed by atoms with E-state index in [2.05, 4.69) is 5.32 Å². The molecule has 0 aromatic heterocycles. The Morgan fingerprint density at radius 3 is 2.60 bits per heavy atom. The molecule has 1 heterocycles. The van der Waals surface area contributed by atoms with Crippen LogP contribution in [0.25, 0.3) is 6.08 Å². The van der Waals surface area contributed by atoms with Crippen LogP contribution in [0.5, 0.6) is 11.5 Å². The number of carboxylic acids is 1. The summed E-state index contributed by atoms with van der Waals surface area (Å²) in [6, 6.07) is 16.6. The van der Waals surface area contributed by atoms with Gasteiger partial charge in [0.25, 0.3) is 5.91 Å². The summed E-state index contributed by atoms with van der Waals surface area (Å²) in [5.74, 6) is -0.514. The molecule has 0 atom stereocenters. The molecule has 1 aliphatic heterocycles. The van der Waals surface area contributed by atoms with E-state index in [-0.39, 0.29) is 29.7 Å². The first kappa shape index (κ1) is 21.5. The number of carbonyl (C=O) groups is 3. The molecule has 154 valence electrons. The van der Waals surface area contributed by atoms with Crippen LogP contribution in [0.15, 0.2) is 59.5 Å². The summed E-state index contributed by atoms with van der Waals surface area (Å²) in [6.07, 6.45) is 1.50. The van der Waals surface area contributed by atoms with Gasteiger partial charge in [0.2, 0.25) is 5.91 Å². The van der Waals surface area contributed by atoms with Crippen LogP contribution < -0.4 is 10.1 Å². The first-order chi connectivity index (χ1) is 14.4. The van der Waals surface area contributed by atoms with E-state index >= 15 is 0 Å². The van der Waals surface area contributed by atoms with Crippen LogP contribution in [0.4, 0.5) is 0 Å². The molecule has 2 N–H and O–H groups in total. The minimum absolute atomic E-state index is 0.00694. The SMILES string of the molecule is O=C(O)CCNC(=O)CN1C(=O)/C(=C/c2cccc(Oc3ccccc3)c2)SC1=S. The smallest absolute Gasteiger partial charge is 0.305 e. The highest BCUT2D eigenvalue weighted by molar-refractivity contribution is 8.26. The minimum Gasteiger partial charge on any atom is -0.481 e. The van der Waals surface area contributed by atoms with Crippen molar-refractivity contribution in [2.45, 2.75) is 6.42 Å². The van der Waals surface area contributed by atoms with Gasteiger partial charge in [0, 0.05) is 6.54 Å². The average molecular weight is 443 g/mol. The number of aliphatic carboxylic acids is 1. The highest BCUT2D eigenvalue weighted by Crippen LogP contribution is 2.33. The van der Waals surface area contributed by atoms with Gasteiger partial charge in [-0.3, -0.25) is 19.3 Å². The molecule has 2 amide bonds. The number of thiocarbonyl (C=S) groups is 1. The Morgan fingerprint density at radius 2 is 1.87 bits per heavy atom.